The number of thiophene rings is 1. The summed E-state index contributed by atoms with van der Waals surface area (Å²) in [6, 6.07) is 8.03. The lowest BCUT2D eigenvalue weighted by Gasteiger charge is -2.12. The van der Waals surface area contributed by atoms with Crippen molar-refractivity contribution in [3.05, 3.63) is 54.1 Å². The van der Waals surface area contributed by atoms with Crippen LogP contribution >= 0.6 is 43.2 Å². The third-order valence-corrected chi connectivity index (χ3v) is 5.50. The molecule has 17 heavy (non-hydrogen) atoms. The zero-order valence-electron chi connectivity index (χ0n) is 9.50. The predicted octanol–water partition coefficient (Wildman–Crippen LogP) is 4.97. The van der Waals surface area contributed by atoms with Crippen molar-refractivity contribution in [2.24, 2.45) is 0 Å². The molecule has 1 aromatic carbocycles. The molecule has 1 unspecified atom stereocenters. The highest BCUT2D eigenvalue weighted by molar-refractivity contribution is 9.11. The van der Waals surface area contributed by atoms with Gasteiger partial charge in [0.05, 0.1) is 3.79 Å². The average molecular weight is 376 g/mol. The van der Waals surface area contributed by atoms with Gasteiger partial charge in [0.25, 0.3) is 0 Å². The molecule has 2 rings (SSSR count). The van der Waals surface area contributed by atoms with Crippen LogP contribution in [0.15, 0.2) is 32.5 Å². The molecule has 0 bridgehead atoms. The second-order valence-electron chi connectivity index (χ2n) is 4.03. The number of aliphatic hydroxyl groups excluding tert-OH is 1. The van der Waals surface area contributed by atoms with Crippen molar-refractivity contribution in [1.82, 2.24) is 0 Å². The molecule has 0 fully saturated rings. The van der Waals surface area contributed by atoms with Crippen molar-refractivity contribution in [2.75, 3.05) is 0 Å². The Morgan fingerprint density at radius 1 is 1.18 bits per heavy atom. The van der Waals surface area contributed by atoms with Gasteiger partial charge in [0.2, 0.25) is 0 Å². The molecular formula is C13H12Br2OS. The number of aliphatic hydroxyl groups is 1. The van der Waals surface area contributed by atoms with Gasteiger partial charge >= 0.3 is 0 Å². The Balaban J connectivity index is 2.42. The number of aryl methyl sites for hydroxylation is 2. The third kappa shape index (κ3) is 2.81. The highest BCUT2D eigenvalue weighted by atomic mass is 79.9. The SMILES string of the molecule is Cc1ccc(Br)c(C(O)c2cc(C)c(Br)s2)c1. The lowest BCUT2D eigenvalue weighted by atomic mass is 10.1. The van der Waals surface area contributed by atoms with Crippen molar-refractivity contribution in [2.45, 2.75) is 20.0 Å². The summed E-state index contributed by atoms with van der Waals surface area (Å²) in [6.45, 7) is 4.06. The molecule has 0 aliphatic heterocycles. The van der Waals surface area contributed by atoms with Gasteiger partial charge in [-0.05, 0) is 47.5 Å². The van der Waals surface area contributed by atoms with Gasteiger partial charge in [-0.15, -0.1) is 11.3 Å². The molecule has 0 radical (unpaired) electrons. The highest BCUT2D eigenvalue weighted by Gasteiger charge is 2.17. The summed E-state index contributed by atoms with van der Waals surface area (Å²) in [4.78, 5) is 0.959. The maximum Gasteiger partial charge on any atom is 0.114 e. The van der Waals surface area contributed by atoms with Crippen LogP contribution in [0.25, 0.3) is 0 Å². The summed E-state index contributed by atoms with van der Waals surface area (Å²) in [7, 11) is 0. The first-order valence-electron chi connectivity index (χ1n) is 5.19. The van der Waals surface area contributed by atoms with Crippen LogP contribution in [0.4, 0.5) is 0 Å². The molecular weight excluding hydrogens is 364 g/mol. The summed E-state index contributed by atoms with van der Waals surface area (Å²) in [6.07, 6.45) is -0.570. The van der Waals surface area contributed by atoms with E-state index in [0.29, 0.717) is 0 Å². The van der Waals surface area contributed by atoms with Crippen LogP contribution in [0.1, 0.15) is 27.7 Å². The van der Waals surface area contributed by atoms with Crippen molar-refractivity contribution in [1.29, 1.82) is 0 Å². The molecule has 0 amide bonds. The van der Waals surface area contributed by atoms with E-state index in [0.717, 1.165) is 29.8 Å². The molecule has 1 nitrogen and oxygen atoms in total. The summed E-state index contributed by atoms with van der Waals surface area (Å²) < 4.78 is 2.02. The molecule has 1 atom stereocenters. The van der Waals surface area contributed by atoms with Crippen LogP contribution in [-0.2, 0) is 0 Å². The molecule has 90 valence electrons. The van der Waals surface area contributed by atoms with E-state index in [9.17, 15) is 5.11 Å². The Morgan fingerprint density at radius 3 is 2.47 bits per heavy atom. The van der Waals surface area contributed by atoms with E-state index >= 15 is 0 Å². The van der Waals surface area contributed by atoms with Crippen molar-refractivity contribution in [3.63, 3.8) is 0 Å². The minimum Gasteiger partial charge on any atom is -0.383 e. The highest BCUT2D eigenvalue weighted by Crippen LogP contribution is 2.36. The van der Waals surface area contributed by atoms with Gasteiger partial charge < -0.3 is 5.11 Å². The molecule has 1 N–H and O–H groups in total. The van der Waals surface area contributed by atoms with E-state index in [2.05, 4.69) is 31.9 Å². The number of hydrogen-bond donors (Lipinski definition) is 1. The van der Waals surface area contributed by atoms with E-state index in [1.807, 2.05) is 38.1 Å². The first-order chi connectivity index (χ1) is 7.99. The minimum atomic E-state index is -0.570. The Bertz CT molecular complexity index is 529. The predicted molar refractivity (Wildman–Crippen MR) is 79.7 cm³/mol. The van der Waals surface area contributed by atoms with Gasteiger partial charge in [-0.1, -0.05) is 33.6 Å². The second kappa shape index (κ2) is 5.22. The normalized spacial score (nSPS) is 12.8. The van der Waals surface area contributed by atoms with Crippen LogP contribution in [-0.4, -0.2) is 5.11 Å². The molecule has 0 saturated heterocycles. The average Bonchev–Trinajstić information content (AvgIpc) is 2.62. The largest absolute Gasteiger partial charge is 0.383 e. The topological polar surface area (TPSA) is 20.2 Å². The van der Waals surface area contributed by atoms with E-state index < -0.39 is 6.10 Å². The maximum atomic E-state index is 10.4. The molecule has 4 heteroatoms. The fraction of sp³-hybridized carbons (Fsp3) is 0.231. The Hall–Kier alpha value is -0.160. The lowest BCUT2D eigenvalue weighted by molar-refractivity contribution is 0.223. The summed E-state index contributed by atoms with van der Waals surface area (Å²) in [5.74, 6) is 0. The van der Waals surface area contributed by atoms with E-state index in [-0.39, 0.29) is 0 Å². The first-order valence-corrected chi connectivity index (χ1v) is 7.59. The quantitative estimate of drug-likeness (QED) is 0.785. The maximum absolute atomic E-state index is 10.4. The monoisotopic (exact) mass is 374 g/mol. The number of halogens is 2. The Labute approximate surface area is 122 Å². The molecule has 2 aromatic rings. The van der Waals surface area contributed by atoms with Crippen LogP contribution in [0, 0.1) is 13.8 Å². The van der Waals surface area contributed by atoms with Crippen LogP contribution in [0.3, 0.4) is 0 Å². The second-order valence-corrected chi connectivity index (χ2v) is 7.29. The molecule has 0 aliphatic carbocycles. The van der Waals surface area contributed by atoms with Crippen LogP contribution in [0.5, 0.6) is 0 Å². The van der Waals surface area contributed by atoms with Gasteiger partial charge in [-0.25, -0.2) is 0 Å². The fourth-order valence-electron chi connectivity index (χ4n) is 1.64. The summed E-state index contributed by atoms with van der Waals surface area (Å²) in [5, 5.41) is 10.4. The zero-order chi connectivity index (χ0) is 12.6. The molecule has 0 saturated carbocycles. The summed E-state index contributed by atoms with van der Waals surface area (Å²) >= 11 is 8.55. The summed E-state index contributed by atoms with van der Waals surface area (Å²) in [5.41, 5.74) is 3.22. The van der Waals surface area contributed by atoms with Crippen LogP contribution < -0.4 is 0 Å². The zero-order valence-corrected chi connectivity index (χ0v) is 13.5. The molecule has 0 spiro atoms. The molecule has 0 aliphatic rings. The van der Waals surface area contributed by atoms with E-state index in [4.69, 9.17) is 0 Å². The smallest absolute Gasteiger partial charge is 0.114 e. The van der Waals surface area contributed by atoms with Gasteiger partial charge in [-0.2, -0.15) is 0 Å². The van der Waals surface area contributed by atoms with E-state index in [1.165, 1.54) is 0 Å². The number of rotatable bonds is 2. The van der Waals surface area contributed by atoms with E-state index in [1.54, 1.807) is 11.3 Å². The van der Waals surface area contributed by atoms with Crippen molar-refractivity contribution in [3.8, 4) is 0 Å². The van der Waals surface area contributed by atoms with Crippen molar-refractivity contribution >= 4 is 43.2 Å². The Morgan fingerprint density at radius 2 is 1.88 bits per heavy atom. The van der Waals surface area contributed by atoms with Gasteiger partial charge in [0.15, 0.2) is 0 Å². The van der Waals surface area contributed by atoms with Gasteiger partial charge in [-0.3, -0.25) is 0 Å². The minimum absolute atomic E-state index is 0.570. The molecule has 1 heterocycles. The number of hydrogen-bond acceptors (Lipinski definition) is 2. The van der Waals surface area contributed by atoms with Gasteiger partial charge in [0.1, 0.15) is 6.10 Å². The standard InChI is InChI=1S/C13H12Br2OS/c1-7-3-4-10(14)9(5-7)12(16)11-6-8(2)13(15)17-11/h3-6,12,16H,1-2H3. The first kappa shape index (κ1) is 13.3. The molecule has 1 aromatic heterocycles. The fourth-order valence-corrected chi connectivity index (χ4v) is 3.68. The third-order valence-electron chi connectivity index (χ3n) is 2.59. The van der Waals surface area contributed by atoms with Gasteiger partial charge in [0, 0.05) is 14.9 Å². The number of benzene rings is 1. The Kier molecular flexibility index (Phi) is 4.08. The van der Waals surface area contributed by atoms with Crippen molar-refractivity contribution < 1.29 is 5.11 Å². The lowest BCUT2D eigenvalue weighted by Crippen LogP contribution is -1.98. The van der Waals surface area contributed by atoms with Crippen LogP contribution in [0.2, 0.25) is 0 Å².